The summed E-state index contributed by atoms with van der Waals surface area (Å²) in [6.45, 7) is 3.07. The number of ether oxygens (including phenoxy) is 2. The van der Waals surface area contributed by atoms with E-state index in [9.17, 15) is 9.59 Å². The summed E-state index contributed by atoms with van der Waals surface area (Å²) in [5.41, 5.74) is 0. The van der Waals surface area contributed by atoms with E-state index in [4.69, 9.17) is 0 Å². The molecule has 0 aliphatic heterocycles. The van der Waals surface area contributed by atoms with Crippen molar-refractivity contribution >= 4 is 11.9 Å². The molecule has 112 valence electrons. The second-order valence-corrected chi connectivity index (χ2v) is 4.20. The molecule has 0 unspecified atom stereocenters. The SMILES string of the molecule is CCCn1ncnc1CN(CC(=O)OC)CC(=O)OC. The Bertz CT molecular complexity index is 428. The largest absolute Gasteiger partial charge is 0.468 e. The number of hydrogen-bond acceptors (Lipinski definition) is 7. The van der Waals surface area contributed by atoms with E-state index in [0.717, 1.165) is 13.0 Å². The first-order valence-electron chi connectivity index (χ1n) is 6.33. The number of hydrogen-bond donors (Lipinski definition) is 0. The van der Waals surface area contributed by atoms with Crippen LogP contribution in [0.3, 0.4) is 0 Å². The molecule has 0 amide bonds. The minimum Gasteiger partial charge on any atom is -0.468 e. The fourth-order valence-corrected chi connectivity index (χ4v) is 1.67. The Hall–Kier alpha value is -1.96. The van der Waals surface area contributed by atoms with Crippen LogP contribution >= 0.6 is 0 Å². The van der Waals surface area contributed by atoms with Crippen molar-refractivity contribution in [3.8, 4) is 0 Å². The van der Waals surface area contributed by atoms with E-state index >= 15 is 0 Å². The molecule has 1 rings (SSSR count). The standard InChI is InChI=1S/C12H20N4O4/c1-4-5-16-10(13-9-14-16)6-15(7-11(17)19-2)8-12(18)20-3/h9H,4-8H2,1-3H3. The smallest absolute Gasteiger partial charge is 0.319 e. The van der Waals surface area contributed by atoms with Gasteiger partial charge in [0.2, 0.25) is 0 Å². The molecule has 0 radical (unpaired) electrons. The van der Waals surface area contributed by atoms with E-state index in [1.165, 1.54) is 20.5 Å². The summed E-state index contributed by atoms with van der Waals surface area (Å²) in [5, 5.41) is 4.10. The second kappa shape index (κ2) is 8.26. The highest BCUT2D eigenvalue weighted by Crippen LogP contribution is 2.03. The van der Waals surface area contributed by atoms with Crippen LogP contribution in [0.4, 0.5) is 0 Å². The first-order valence-corrected chi connectivity index (χ1v) is 6.33. The molecule has 0 aliphatic rings. The van der Waals surface area contributed by atoms with Crippen molar-refractivity contribution in [1.29, 1.82) is 0 Å². The molecular weight excluding hydrogens is 264 g/mol. The van der Waals surface area contributed by atoms with Gasteiger partial charge in [0.15, 0.2) is 0 Å². The van der Waals surface area contributed by atoms with Gasteiger partial charge in [-0.3, -0.25) is 14.5 Å². The van der Waals surface area contributed by atoms with Crippen LogP contribution in [-0.4, -0.2) is 58.9 Å². The molecule has 0 saturated heterocycles. The van der Waals surface area contributed by atoms with Gasteiger partial charge in [0.05, 0.1) is 33.9 Å². The molecule has 0 bridgehead atoms. The summed E-state index contributed by atoms with van der Waals surface area (Å²) < 4.78 is 11.0. The zero-order chi connectivity index (χ0) is 15.0. The number of carbonyl (C=O) groups is 2. The first kappa shape index (κ1) is 16.1. The highest BCUT2D eigenvalue weighted by Gasteiger charge is 2.18. The maximum Gasteiger partial charge on any atom is 0.319 e. The van der Waals surface area contributed by atoms with Gasteiger partial charge in [-0.15, -0.1) is 0 Å². The van der Waals surface area contributed by atoms with Gasteiger partial charge in [-0.25, -0.2) is 9.67 Å². The molecule has 8 nitrogen and oxygen atoms in total. The maximum atomic E-state index is 11.4. The Morgan fingerprint density at radius 1 is 1.25 bits per heavy atom. The molecule has 0 N–H and O–H groups in total. The van der Waals surface area contributed by atoms with Crippen molar-refractivity contribution in [2.24, 2.45) is 0 Å². The van der Waals surface area contributed by atoms with Gasteiger partial charge in [0.25, 0.3) is 0 Å². The Labute approximate surface area is 117 Å². The Kier molecular flexibility index (Phi) is 6.65. The van der Waals surface area contributed by atoms with Gasteiger partial charge < -0.3 is 9.47 Å². The van der Waals surface area contributed by atoms with Crippen LogP contribution in [0.25, 0.3) is 0 Å². The van der Waals surface area contributed by atoms with E-state index in [-0.39, 0.29) is 13.1 Å². The fourth-order valence-electron chi connectivity index (χ4n) is 1.67. The van der Waals surface area contributed by atoms with Gasteiger partial charge >= 0.3 is 11.9 Å². The van der Waals surface area contributed by atoms with Crippen LogP contribution in [0.2, 0.25) is 0 Å². The number of nitrogens with zero attached hydrogens (tertiary/aromatic N) is 4. The van der Waals surface area contributed by atoms with Crippen molar-refractivity contribution in [3.05, 3.63) is 12.2 Å². The van der Waals surface area contributed by atoms with E-state index in [1.807, 2.05) is 6.92 Å². The predicted molar refractivity (Wildman–Crippen MR) is 69.6 cm³/mol. The van der Waals surface area contributed by atoms with Crippen molar-refractivity contribution in [1.82, 2.24) is 19.7 Å². The van der Waals surface area contributed by atoms with Crippen molar-refractivity contribution in [3.63, 3.8) is 0 Å². The average Bonchev–Trinajstić information content (AvgIpc) is 2.86. The molecule has 0 atom stereocenters. The molecule has 20 heavy (non-hydrogen) atoms. The summed E-state index contributed by atoms with van der Waals surface area (Å²) in [6.07, 6.45) is 2.38. The number of aryl methyl sites for hydroxylation is 1. The Morgan fingerprint density at radius 2 is 1.85 bits per heavy atom. The molecule has 0 spiro atoms. The molecule has 0 saturated carbocycles. The van der Waals surface area contributed by atoms with Crippen LogP contribution < -0.4 is 0 Å². The second-order valence-electron chi connectivity index (χ2n) is 4.20. The van der Waals surface area contributed by atoms with Gasteiger partial charge in [-0.05, 0) is 6.42 Å². The highest BCUT2D eigenvalue weighted by molar-refractivity contribution is 5.74. The number of esters is 2. The number of carbonyl (C=O) groups excluding carboxylic acids is 2. The Balaban J connectivity index is 2.74. The quantitative estimate of drug-likeness (QED) is 0.613. The maximum absolute atomic E-state index is 11.4. The lowest BCUT2D eigenvalue weighted by atomic mass is 10.4. The van der Waals surface area contributed by atoms with Gasteiger partial charge in [-0.2, -0.15) is 5.10 Å². The van der Waals surface area contributed by atoms with E-state index < -0.39 is 11.9 Å². The topological polar surface area (TPSA) is 86.5 Å². The van der Waals surface area contributed by atoms with E-state index in [0.29, 0.717) is 12.4 Å². The first-order chi connectivity index (χ1) is 9.60. The summed E-state index contributed by atoms with van der Waals surface area (Å²) in [5.74, 6) is -0.148. The lowest BCUT2D eigenvalue weighted by molar-refractivity contribution is -0.145. The molecular formula is C12H20N4O4. The lowest BCUT2D eigenvalue weighted by Crippen LogP contribution is -2.36. The predicted octanol–water partition coefficient (Wildman–Crippen LogP) is -0.164. The normalized spacial score (nSPS) is 10.6. The van der Waals surface area contributed by atoms with Crippen molar-refractivity contribution in [2.45, 2.75) is 26.4 Å². The Morgan fingerprint density at radius 3 is 2.35 bits per heavy atom. The third kappa shape index (κ3) is 4.96. The minimum absolute atomic E-state index is 0.00934. The molecule has 0 aromatic carbocycles. The monoisotopic (exact) mass is 284 g/mol. The molecule has 1 heterocycles. The van der Waals surface area contributed by atoms with Gasteiger partial charge in [0, 0.05) is 6.54 Å². The van der Waals surface area contributed by atoms with Gasteiger partial charge in [0.1, 0.15) is 12.2 Å². The highest BCUT2D eigenvalue weighted by atomic mass is 16.5. The summed E-state index contributed by atoms with van der Waals surface area (Å²) in [6, 6.07) is 0. The van der Waals surface area contributed by atoms with E-state index in [1.54, 1.807) is 9.58 Å². The lowest BCUT2D eigenvalue weighted by Gasteiger charge is -2.19. The zero-order valence-corrected chi connectivity index (χ0v) is 12.0. The minimum atomic E-state index is -0.421. The summed E-state index contributed by atoms with van der Waals surface area (Å²) in [4.78, 5) is 28.5. The molecule has 0 aliphatic carbocycles. The molecule has 1 aromatic rings. The molecule has 8 heteroatoms. The van der Waals surface area contributed by atoms with Crippen molar-refractivity contribution in [2.75, 3.05) is 27.3 Å². The summed E-state index contributed by atoms with van der Waals surface area (Å²) >= 11 is 0. The van der Waals surface area contributed by atoms with Crippen molar-refractivity contribution < 1.29 is 19.1 Å². The summed E-state index contributed by atoms with van der Waals surface area (Å²) in [7, 11) is 2.61. The average molecular weight is 284 g/mol. The molecule has 0 fully saturated rings. The number of aromatic nitrogens is 3. The zero-order valence-electron chi connectivity index (χ0n) is 12.0. The third-order valence-corrected chi connectivity index (χ3v) is 2.66. The van der Waals surface area contributed by atoms with Crippen LogP contribution in [0.1, 0.15) is 19.2 Å². The van der Waals surface area contributed by atoms with Gasteiger partial charge in [-0.1, -0.05) is 6.92 Å². The van der Waals surface area contributed by atoms with Crippen LogP contribution in [0, 0.1) is 0 Å². The van der Waals surface area contributed by atoms with E-state index in [2.05, 4.69) is 19.6 Å². The van der Waals surface area contributed by atoms with Crippen LogP contribution in [0.15, 0.2) is 6.33 Å². The molecule has 1 aromatic heterocycles. The number of methoxy groups -OCH3 is 2. The van der Waals surface area contributed by atoms with Crippen LogP contribution in [-0.2, 0) is 32.2 Å². The number of rotatable bonds is 8. The van der Waals surface area contributed by atoms with Crippen LogP contribution in [0.5, 0.6) is 0 Å². The third-order valence-electron chi connectivity index (χ3n) is 2.66. The fraction of sp³-hybridized carbons (Fsp3) is 0.667.